The van der Waals surface area contributed by atoms with Crippen LogP contribution in [0.5, 0.6) is 0 Å². The maximum atomic E-state index is 10.7. The van der Waals surface area contributed by atoms with E-state index in [4.69, 9.17) is 0 Å². The standard InChI is InChI=1S/C8H12N2O2S.Na/c11-13(12)8-4-5-9-10(8)6-7-2-1-3-7;/h4-5,7H,1-3,6H2,(H,11,12);/q;+1/p-1. The molecule has 14 heavy (non-hydrogen) atoms. The molecule has 1 aromatic rings. The van der Waals surface area contributed by atoms with E-state index < -0.39 is 11.1 Å². The minimum atomic E-state index is -2.15. The SMILES string of the molecule is O=S([O-])c1ccnn1CC1CCC1.[Na+]. The minimum absolute atomic E-state index is 0. The first-order valence-corrected chi connectivity index (χ1v) is 5.46. The van der Waals surface area contributed by atoms with Crippen molar-refractivity contribution in [2.45, 2.75) is 30.8 Å². The van der Waals surface area contributed by atoms with Crippen molar-refractivity contribution in [2.75, 3.05) is 0 Å². The van der Waals surface area contributed by atoms with Crippen LogP contribution in [0.2, 0.25) is 0 Å². The molecule has 0 bridgehead atoms. The Labute approximate surface area is 108 Å². The Balaban J connectivity index is 0.000000980. The average molecular weight is 222 g/mol. The molecule has 1 aliphatic rings. The molecule has 0 saturated heterocycles. The molecule has 1 aliphatic carbocycles. The van der Waals surface area contributed by atoms with Gasteiger partial charge in [0.05, 0.1) is 6.20 Å². The summed E-state index contributed by atoms with van der Waals surface area (Å²) in [6.45, 7) is 0.746. The van der Waals surface area contributed by atoms with Crippen molar-refractivity contribution in [2.24, 2.45) is 5.92 Å². The third-order valence-corrected chi connectivity index (χ3v) is 3.19. The normalized spacial score (nSPS) is 18.4. The summed E-state index contributed by atoms with van der Waals surface area (Å²) in [7, 11) is 0. The molecule has 0 N–H and O–H groups in total. The van der Waals surface area contributed by atoms with Crippen LogP contribution in [0.15, 0.2) is 17.3 Å². The molecule has 1 saturated carbocycles. The Morgan fingerprint density at radius 2 is 2.36 bits per heavy atom. The first-order valence-electron chi connectivity index (χ1n) is 4.38. The topological polar surface area (TPSA) is 57.9 Å². The van der Waals surface area contributed by atoms with Gasteiger partial charge in [0.25, 0.3) is 0 Å². The summed E-state index contributed by atoms with van der Waals surface area (Å²) in [5, 5.41) is 4.28. The van der Waals surface area contributed by atoms with Gasteiger partial charge in [0.2, 0.25) is 0 Å². The second-order valence-electron chi connectivity index (χ2n) is 3.38. The maximum Gasteiger partial charge on any atom is 1.00 e. The molecule has 0 aromatic carbocycles. The van der Waals surface area contributed by atoms with E-state index in [9.17, 15) is 8.76 Å². The Hall–Kier alpha value is 0.320. The van der Waals surface area contributed by atoms with Crippen LogP contribution in [0, 0.1) is 5.92 Å². The number of hydrogen-bond acceptors (Lipinski definition) is 3. The molecular weight excluding hydrogens is 211 g/mol. The van der Waals surface area contributed by atoms with E-state index in [0.29, 0.717) is 10.9 Å². The average Bonchev–Trinajstić information content (AvgIpc) is 2.44. The quantitative estimate of drug-likeness (QED) is 0.436. The van der Waals surface area contributed by atoms with Gasteiger partial charge < -0.3 is 4.55 Å². The van der Waals surface area contributed by atoms with Crippen molar-refractivity contribution < 1.29 is 38.3 Å². The summed E-state index contributed by atoms with van der Waals surface area (Å²) in [5.74, 6) is 0.627. The molecule has 0 radical (unpaired) electrons. The van der Waals surface area contributed by atoms with Crippen molar-refractivity contribution in [3.8, 4) is 0 Å². The molecule has 72 valence electrons. The van der Waals surface area contributed by atoms with Gasteiger partial charge in [-0.2, -0.15) is 5.10 Å². The van der Waals surface area contributed by atoms with Gasteiger partial charge in [-0.05, 0) is 35.9 Å². The van der Waals surface area contributed by atoms with Crippen molar-refractivity contribution in [3.05, 3.63) is 12.3 Å². The van der Waals surface area contributed by atoms with Gasteiger partial charge in [-0.1, -0.05) is 6.42 Å². The zero-order valence-corrected chi connectivity index (χ0v) is 11.0. The molecule has 1 fully saturated rings. The van der Waals surface area contributed by atoms with Crippen LogP contribution in [0.4, 0.5) is 0 Å². The van der Waals surface area contributed by atoms with Crippen molar-refractivity contribution in [1.29, 1.82) is 0 Å². The summed E-state index contributed by atoms with van der Waals surface area (Å²) in [6.07, 6.45) is 5.20. The first kappa shape index (κ1) is 12.4. The Morgan fingerprint density at radius 1 is 1.64 bits per heavy atom. The molecule has 0 amide bonds. The zero-order chi connectivity index (χ0) is 9.26. The summed E-state index contributed by atoms with van der Waals surface area (Å²) < 4.78 is 23.0. The molecule has 1 unspecified atom stereocenters. The number of hydrogen-bond donors (Lipinski definition) is 0. The van der Waals surface area contributed by atoms with Gasteiger partial charge in [0.15, 0.2) is 0 Å². The molecule has 1 atom stereocenters. The summed E-state index contributed by atoms with van der Waals surface area (Å²) in [4.78, 5) is 0. The molecule has 2 rings (SSSR count). The van der Waals surface area contributed by atoms with Crippen LogP contribution < -0.4 is 29.6 Å². The number of rotatable bonds is 3. The summed E-state index contributed by atoms with van der Waals surface area (Å²) in [5.41, 5.74) is 0. The van der Waals surface area contributed by atoms with E-state index in [-0.39, 0.29) is 29.6 Å². The fraction of sp³-hybridized carbons (Fsp3) is 0.625. The first-order chi connectivity index (χ1) is 6.27. The summed E-state index contributed by atoms with van der Waals surface area (Å²) in [6, 6.07) is 1.53. The fourth-order valence-electron chi connectivity index (χ4n) is 1.52. The second kappa shape index (κ2) is 5.42. The molecule has 0 spiro atoms. The predicted octanol–water partition coefficient (Wildman–Crippen LogP) is -2.07. The molecule has 4 nitrogen and oxygen atoms in total. The number of nitrogens with zero attached hydrogens (tertiary/aromatic N) is 2. The van der Waals surface area contributed by atoms with Gasteiger partial charge in [0, 0.05) is 6.54 Å². The van der Waals surface area contributed by atoms with E-state index in [1.54, 1.807) is 4.68 Å². The van der Waals surface area contributed by atoms with E-state index in [2.05, 4.69) is 5.10 Å². The van der Waals surface area contributed by atoms with Crippen LogP contribution in [0.3, 0.4) is 0 Å². The van der Waals surface area contributed by atoms with Crippen LogP contribution in [0.25, 0.3) is 0 Å². The monoisotopic (exact) mass is 222 g/mol. The Bertz CT molecular complexity index is 325. The van der Waals surface area contributed by atoms with E-state index >= 15 is 0 Å². The Morgan fingerprint density at radius 3 is 2.86 bits per heavy atom. The third kappa shape index (κ3) is 2.67. The van der Waals surface area contributed by atoms with Gasteiger partial charge >= 0.3 is 29.6 Å². The fourth-order valence-corrected chi connectivity index (χ4v) is 1.98. The van der Waals surface area contributed by atoms with E-state index in [0.717, 1.165) is 6.54 Å². The number of aromatic nitrogens is 2. The summed E-state index contributed by atoms with van der Waals surface area (Å²) >= 11 is -2.15. The minimum Gasteiger partial charge on any atom is -0.767 e. The van der Waals surface area contributed by atoms with E-state index in [1.165, 1.54) is 31.5 Å². The molecule has 0 aliphatic heterocycles. The second-order valence-corrected chi connectivity index (χ2v) is 4.27. The van der Waals surface area contributed by atoms with Gasteiger partial charge in [-0.15, -0.1) is 0 Å². The van der Waals surface area contributed by atoms with Crippen molar-refractivity contribution in [3.63, 3.8) is 0 Å². The molecule has 6 heteroatoms. The predicted molar refractivity (Wildman–Crippen MR) is 46.8 cm³/mol. The van der Waals surface area contributed by atoms with Gasteiger partial charge in [-0.3, -0.25) is 8.89 Å². The molecule has 1 heterocycles. The molecular formula is C8H11N2NaO2S. The van der Waals surface area contributed by atoms with Crippen LogP contribution in [-0.2, 0) is 17.6 Å². The largest absolute Gasteiger partial charge is 1.00 e. The van der Waals surface area contributed by atoms with Crippen LogP contribution in [-0.4, -0.2) is 18.5 Å². The van der Waals surface area contributed by atoms with E-state index in [1.807, 2.05) is 0 Å². The maximum absolute atomic E-state index is 10.7. The van der Waals surface area contributed by atoms with Gasteiger partial charge in [0.1, 0.15) is 5.03 Å². The smallest absolute Gasteiger partial charge is 0.767 e. The van der Waals surface area contributed by atoms with Gasteiger partial charge in [-0.25, -0.2) is 0 Å². The zero-order valence-electron chi connectivity index (χ0n) is 8.18. The van der Waals surface area contributed by atoms with Crippen LogP contribution in [0.1, 0.15) is 19.3 Å². The van der Waals surface area contributed by atoms with Crippen molar-refractivity contribution in [1.82, 2.24) is 9.78 Å². The Kier molecular flexibility index (Phi) is 4.79. The molecule has 1 aromatic heterocycles. The van der Waals surface area contributed by atoms with Crippen molar-refractivity contribution >= 4 is 11.1 Å². The third-order valence-electron chi connectivity index (χ3n) is 2.50. The van der Waals surface area contributed by atoms with Crippen LogP contribution >= 0.6 is 0 Å².